The summed E-state index contributed by atoms with van der Waals surface area (Å²) in [6.45, 7) is 1.71. The van der Waals surface area contributed by atoms with Gasteiger partial charge in [0, 0.05) is 31.8 Å². The van der Waals surface area contributed by atoms with E-state index in [4.69, 9.17) is 4.74 Å². The van der Waals surface area contributed by atoms with Crippen molar-refractivity contribution < 1.29 is 26.7 Å². The van der Waals surface area contributed by atoms with E-state index in [1.807, 2.05) is 0 Å². The molecule has 0 unspecified atom stereocenters. The summed E-state index contributed by atoms with van der Waals surface area (Å²) in [4.78, 5) is 14.1. The van der Waals surface area contributed by atoms with Crippen LogP contribution in [-0.2, 0) is 26.0 Å². The number of anilines is 1. The predicted octanol–water partition coefficient (Wildman–Crippen LogP) is 2.98. The van der Waals surface area contributed by atoms with Crippen LogP contribution in [0.4, 0.5) is 14.5 Å². The molecular formula is C22H22F2N2O4S. The van der Waals surface area contributed by atoms with Crippen LogP contribution in [0.3, 0.4) is 0 Å². The minimum Gasteiger partial charge on any atom is -0.379 e. The van der Waals surface area contributed by atoms with Crippen LogP contribution in [0.15, 0.2) is 47.4 Å². The lowest BCUT2D eigenvalue weighted by molar-refractivity contribution is -0.114. The zero-order valence-corrected chi connectivity index (χ0v) is 17.6. The number of sulfonamides is 1. The Balaban J connectivity index is 1.49. The lowest BCUT2D eigenvalue weighted by Crippen LogP contribution is -2.40. The molecule has 6 nitrogen and oxygen atoms in total. The number of nitrogens with zero attached hydrogens (tertiary/aromatic N) is 2. The average molecular weight is 448 g/mol. The van der Waals surface area contributed by atoms with Crippen molar-refractivity contribution in [1.82, 2.24) is 4.31 Å². The molecule has 0 atom stereocenters. The van der Waals surface area contributed by atoms with E-state index >= 15 is 0 Å². The summed E-state index contributed by atoms with van der Waals surface area (Å²) in [6.07, 6.45) is 3.98. The third kappa shape index (κ3) is 4.53. The highest BCUT2D eigenvalue weighted by molar-refractivity contribution is 7.89. The van der Waals surface area contributed by atoms with E-state index in [9.17, 15) is 22.0 Å². The number of morpholine rings is 1. The molecule has 1 fully saturated rings. The number of hydrogen-bond donors (Lipinski definition) is 0. The van der Waals surface area contributed by atoms with Gasteiger partial charge in [-0.05, 0) is 48.2 Å². The van der Waals surface area contributed by atoms with E-state index in [0.717, 1.165) is 6.07 Å². The number of hydrogen-bond acceptors (Lipinski definition) is 4. The summed E-state index contributed by atoms with van der Waals surface area (Å²) in [7, 11) is -3.59. The summed E-state index contributed by atoms with van der Waals surface area (Å²) < 4.78 is 59.7. The summed E-state index contributed by atoms with van der Waals surface area (Å²) in [5.74, 6) is -1.83. The van der Waals surface area contributed by atoms with Gasteiger partial charge in [-0.25, -0.2) is 17.2 Å². The highest BCUT2D eigenvalue weighted by atomic mass is 32.2. The van der Waals surface area contributed by atoms with Crippen LogP contribution >= 0.6 is 0 Å². The van der Waals surface area contributed by atoms with Gasteiger partial charge in [0.05, 0.1) is 23.8 Å². The molecule has 1 amide bonds. The Morgan fingerprint density at radius 2 is 1.74 bits per heavy atom. The van der Waals surface area contributed by atoms with E-state index in [-0.39, 0.29) is 10.6 Å². The van der Waals surface area contributed by atoms with Crippen LogP contribution in [0.25, 0.3) is 6.08 Å². The summed E-state index contributed by atoms with van der Waals surface area (Å²) in [5, 5.41) is 0. The summed E-state index contributed by atoms with van der Waals surface area (Å²) in [5.41, 5.74) is 1.23. The Morgan fingerprint density at radius 1 is 1.03 bits per heavy atom. The second kappa shape index (κ2) is 8.86. The van der Waals surface area contributed by atoms with Crippen molar-refractivity contribution in [2.75, 3.05) is 37.7 Å². The SMILES string of the molecule is O=C(/C=C/c1ccc(S(=O)(=O)N2CCOCC2)cc1)N1CCCc2cc(F)cc(F)c21. The first-order chi connectivity index (χ1) is 14.9. The van der Waals surface area contributed by atoms with E-state index in [1.54, 1.807) is 18.2 Å². The van der Waals surface area contributed by atoms with E-state index in [1.165, 1.54) is 33.5 Å². The Hall–Kier alpha value is -2.62. The number of halogens is 2. The number of rotatable bonds is 4. The molecule has 1 saturated heterocycles. The van der Waals surface area contributed by atoms with Gasteiger partial charge in [-0.3, -0.25) is 4.79 Å². The molecule has 0 aliphatic carbocycles. The second-order valence-electron chi connectivity index (χ2n) is 7.41. The van der Waals surface area contributed by atoms with Gasteiger partial charge in [-0.1, -0.05) is 12.1 Å². The summed E-state index contributed by atoms with van der Waals surface area (Å²) >= 11 is 0. The van der Waals surface area contributed by atoms with E-state index in [2.05, 4.69) is 0 Å². The van der Waals surface area contributed by atoms with Gasteiger partial charge in [0.1, 0.15) is 11.6 Å². The molecule has 0 bridgehead atoms. The zero-order valence-electron chi connectivity index (χ0n) is 16.8. The van der Waals surface area contributed by atoms with Gasteiger partial charge in [0.2, 0.25) is 10.0 Å². The monoisotopic (exact) mass is 448 g/mol. The van der Waals surface area contributed by atoms with Crippen LogP contribution in [0, 0.1) is 11.6 Å². The molecule has 2 aromatic carbocycles. The van der Waals surface area contributed by atoms with Crippen LogP contribution in [0.1, 0.15) is 17.5 Å². The molecular weight excluding hydrogens is 426 g/mol. The third-order valence-corrected chi connectivity index (χ3v) is 7.29. The Bertz CT molecular complexity index is 1110. The molecule has 0 spiro atoms. The van der Waals surface area contributed by atoms with Crippen molar-refractivity contribution in [3.8, 4) is 0 Å². The molecule has 2 aliphatic rings. The third-order valence-electron chi connectivity index (χ3n) is 5.38. The van der Waals surface area contributed by atoms with Crippen LogP contribution < -0.4 is 4.90 Å². The van der Waals surface area contributed by atoms with Crippen molar-refractivity contribution in [2.24, 2.45) is 0 Å². The van der Waals surface area contributed by atoms with Crippen LogP contribution in [0.5, 0.6) is 0 Å². The van der Waals surface area contributed by atoms with Crippen molar-refractivity contribution in [2.45, 2.75) is 17.7 Å². The molecule has 4 rings (SSSR count). The highest BCUT2D eigenvalue weighted by Gasteiger charge is 2.27. The fourth-order valence-corrected chi connectivity index (χ4v) is 5.22. The molecule has 2 heterocycles. The van der Waals surface area contributed by atoms with Gasteiger partial charge in [0.15, 0.2) is 0 Å². The molecule has 9 heteroatoms. The quantitative estimate of drug-likeness (QED) is 0.675. The van der Waals surface area contributed by atoms with Crippen molar-refractivity contribution in [3.05, 3.63) is 65.2 Å². The van der Waals surface area contributed by atoms with Crippen molar-refractivity contribution in [1.29, 1.82) is 0 Å². The maximum Gasteiger partial charge on any atom is 0.251 e. The van der Waals surface area contributed by atoms with E-state index < -0.39 is 27.6 Å². The maximum absolute atomic E-state index is 14.3. The Morgan fingerprint density at radius 3 is 2.45 bits per heavy atom. The molecule has 0 aromatic heterocycles. The fraction of sp³-hybridized carbons (Fsp3) is 0.318. The maximum atomic E-state index is 14.3. The Labute approximate surface area is 179 Å². The predicted molar refractivity (Wildman–Crippen MR) is 112 cm³/mol. The number of benzene rings is 2. The number of aryl methyl sites for hydroxylation is 1. The molecule has 2 aliphatic heterocycles. The lowest BCUT2D eigenvalue weighted by atomic mass is 10.0. The molecule has 2 aromatic rings. The van der Waals surface area contributed by atoms with Gasteiger partial charge in [-0.15, -0.1) is 0 Å². The van der Waals surface area contributed by atoms with Crippen molar-refractivity contribution in [3.63, 3.8) is 0 Å². The number of fused-ring (bicyclic) bond motifs is 1. The highest BCUT2D eigenvalue weighted by Crippen LogP contribution is 2.31. The summed E-state index contributed by atoms with van der Waals surface area (Å²) in [6, 6.07) is 8.24. The van der Waals surface area contributed by atoms with Gasteiger partial charge < -0.3 is 9.64 Å². The van der Waals surface area contributed by atoms with Crippen LogP contribution in [-0.4, -0.2) is 51.5 Å². The number of carbonyl (C=O) groups excluding carboxylic acids is 1. The first-order valence-electron chi connectivity index (χ1n) is 10.0. The molecule has 164 valence electrons. The number of carbonyl (C=O) groups is 1. The van der Waals surface area contributed by atoms with E-state index in [0.29, 0.717) is 56.8 Å². The first-order valence-corrected chi connectivity index (χ1v) is 11.5. The standard InChI is InChI=1S/C22H22F2N2O4S/c23-18-14-17-2-1-9-26(22(17)20(24)15-18)21(27)8-5-16-3-6-19(7-4-16)31(28,29)25-10-12-30-13-11-25/h3-8,14-15H,1-2,9-13H2/b8-5+. The fourth-order valence-electron chi connectivity index (χ4n) is 3.82. The molecule has 0 radical (unpaired) electrons. The second-order valence-corrected chi connectivity index (χ2v) is 9.35. The largest absolute Gasteiger partial charge is 0.379 e. The number of amides is 1. The van der Waals surface area contributed by atoms with Gasteiger partial charge >= 0.3 is 0 Å². The molecule has 31 heavy (non-hydrogen) atoms. The smallest absolute Gasteiger partial charge is 0.251 e. The first kappa shape index (κ1) is 21.6. The lowest BCUT2D eigenvalue weighted by Gasteiger charge is -2.29. The topological polar surface area (TPSA) is 66.9 Å². The Kier molecular flexibility index (Phi) is 6.17. The van der Waals surface area contributed by atoms with Crippen LogP contribution in [0.2, 0.25) is 0 Å². The van der Waals surface area contributed by atoms with Crippen molar-refractivity contribution >= 4 is 27.7 Å². The molecule has 0 saturated carbocycles. The van der Waals surface area contributed by atoms with Gasteiger partial charge in [0.25, 0.3) is 5.91 Å². The molecule has 0 N–H and O–H groups in total. The number of ether oxygens (including phenoxy) is 1. The average Bonchev–Trinajstić information content (AvgIpc) is 2.77. The minimum atomic E-state index is -3.59. The zero-order chi connectivity index (χ0) is 22.0. The normalized spacial score (nSPS) is 17.7. The van der Waals surface area contributed by atoms with Gasteiger partial charge in [-0.2, -0.15) is 4.31 Å². The minimum absolute atomic E-state index is 0.120.